The van der Waals surface area contributed by atoms with Crippen molar-refractivity contribution in [2.24, 2.45) is 0 Å². The third-order valence-electron chi connectivity index (χ3n) is 3.76. The number of rotatable bonds is 4. The van der Waals surface area contributed by atoms with Crippen LogP contribution in [0.25, 0.3) is 11.5 Å². The average Bonchev–Trinajstić information content (AvgIpc) is 3.08. The molecule has 0 atom stereocenters. The van der Waals surface area contributed by atoms with Gasteiger partial charge in [-0.05, 0) is 50.8 Å². The molecule has 0 spiro atoms. The molecule has 0 saturated heterocycles. The van der Waals surface area contributed by atoms with Gasteiger partial charge in [0.25, 0.3) is 5.89 Å². The number of hydrogen-bond acceptors (Lipinski definition) is 5. The first-order valence-electron chi connectivity index (χ1n) is 7.01. The summed E-state index contributed by atoms with van der Waals surface area (Å²) in [6.07, 6.45) is 4.10. The predicted octanol–water partition coefficient (Wildman–Crippen LogP) is 3.25. The van der Waals surface area contributed by atoms with Crippen molar-refractivity contribution in [2.45, 2.75) is 38.2 Å². The van der Waals surface area contributed by atoms with E-state index in [4.69, 9.17) is 9.26 Å². The maximum atomic E-state index is 9.51. The highest BCUT2D eigenvalue weighted by molar-refractivity contribution is 5.55. The molecule has 0 amide bonds. The highest BCUT2D eigenvalue weighted by Gasteiger charge is 2.40. The van der Waals surface area contributed by atoms with Gasteiger partial charge in [-0.1, -0.05) is 11.2 Å². The standard InChI is InChI=1S/C15H18N2O3/c1-2-19-15(8-3-4-9-15)14-16-13(20-17-14)11-6-5-7-12(18)10-11/h5-7,10,18H,2-4,8-9H2,1H3. The molecule has 0 aliphatic heterocycles. The van der Waals surface area contributed by atoms with Gasteiger partial charge in [0.05, 0.1) is 0 Å². The molecule has 1 fully saturated rings. The van der Waals surface area contributed by atoms with Crippen LogP contribution in [0.2, 0.25) is 0 Å². The van der Waals surface area contributed by atoms with Gasteiger partial charge in [0, 0.05) is 12.2 Å². The van der Waals surface area contributed by atoms with Crippen LogP contribution in [-0.4, -0.2) is 21.9 Å². The van der Waals surface area contributed by atoms with E-state index >= 15 is 0 Å². The molecule has 0 unspecified atom stereocenters. The molecule has 0 radical (unpaired) electrons. The SMILES string of the molecule is CCOC1(c2noc(-c3cccc(O)c3)n2)CCCC1. The van der Waals surface area contributed by atoms with E-state index in [0.29, 0.717) is 23.9 Å². The minimum atomic E-state index is -0.396. The largest absolute Gasteiger partial charge is 0.508 e. The third kappa shape index (κ3) is 2.29. The molecule has 5 nitrogen and oxygen atoms in total. The van der Waals surface area contributed by atoms with Crippen molar-refractivity contribution in [3.05, 3.63) is 30.1 Å². The molecule has 5 heteroatoms. The van der Waals surface area contributed by atoms with Crippen LogP contribution >= 0.6 is 0 Å². The fraction of sp³-hybridized carbons (Fsp3) is 0.467. The number of aromatic hydroxyl groups is 1. The summed E-state index contributed by atoms with van der Waals surface area (Å²) in [5, 5.41) is 13.6. The quantitative estimate of drug-likeness (QED) is 0.926. The topological polar surface area (TPSA) is 68.4 Å². The molecule has 1 N–H and O–H groups in total. The lowest BCUT2D eigenvalue weighted by Crippen LogP contribution is -2.27. The van der Waals surface area contributed by atoms with Crippen LogP contribution in [0, 0.1) is 0 Å². The summed E-state index contributed by atoms with van der Waals surface area (Å²) < 4.78 is 11.3. The maximum Gasteiger partial charge on any atom is 0.258 e. The van der Waals surface area contributed by atoms with Crippen LogP contribution in [0.4, 0.5) is 0 Å². The van der Waals surface area contributed by atoms with Crippen LogP contribution in [-0.2, 0) is 10.3 Å². The number of nitrogens with zero attached hydrogens (tertiary/aromatic N) is 2. The van der Waals surface area contributed by atoms with Gasteiger partial charge in [0.1, 0.15) is 11.4 Å². The predicted molar refractivity (Wildman–Crippen MR) is 73.2 cm³/mol. The molecular formula is C15H18N2O3. The lowest BCUT2D eigenvalue weighted by molar-refractivity contribution is -0.0469. The Hall–Kier alpha value is -1.88. The third-order valence-corrected chi connectivity index (χ3v) is 3.76. The zero-order valence-electron chi connectivity index (χ0n) is 11.5. The fourth-order valence-corrected chi connectivity index (χ4v) is 2.82. The molecule has 1 aliphatic carbocycles. The minimum Gasteiger partial charge on any atom is -0.508 e. The fourth-order valence-electron chi connectivity index (χ4n) is 2.82. The summed E-state index contributed by atoms with van der Waals surface area (Å²) in [5.41, 5.74) is 0.321. The first kappa shape index (κ1) is 13.1. The van der Waals surface area contributed by atoms with E-state index < -0.39 is 5.60 Å². The van der Waals surface area contributed by atoms with E-state index in [1.165, 1.54) is 0 Å². The van der Waals surface area contributed by atoms with Gasteiger partial charge in [-0.25, -0.2) is 0 Å². The Morgan fingerprint density at radius 1 is 1.35 bits per heavy atom. The van der Waals surface area contributed by atoms with Crippen molar-refractivity contribution in [1.82, 2.24) is 10.1 Å². The van der Waals surface area contributed by atoms with Gasteiger partial charge in [0.15, 0.2) is 0 Å². The number of phenols is 1. The van der Waals surface area contributed by atoms with Crippen LogP contribution in [0.5, 0.6) is 5.75 Å². The number of ether oxygens (including phenoxy) is 1. The van der Waals surface area contributed by atoms with Gasteiger partial charge in [-0.15, -0.1) is 0 Å². The highest BCUT2D eigenvalue weighted by atomic mass is 16.5. The Morgan fingerprint density at radius 3 is 2.85 bits per heavy atom. The number of benzene rings is 1. The Bertz CT molecular complexity index is 588. The molecular weight excluding hydrogens is 256 g/mol. The molecule has 3 rings (SSSR count). The Morgan fingerprint density at radius 2 is 2.15 bits per heavy atom. The van der Waals surface area contributed by atoms with Crippen LogP contribution in [0.1, 0.15) is 38.4 Å². The van der Waals surface area contributed by atoms with Gasteiger partial charge in [-0.3, -0.25) is 0 Å². The lowest BCUT2D eigenvalue weighted by atomic mass is 10.0. The minimum absolute atomic E-state index is 0.183. The monoisotopic (exact) mass is 274 g/mol. The molecule has 1 aromatic carbocycles. The second-order valence-electron chi connectivity index (χ2n) is 5.11. The smallest absolute Gasteiger partial charge is 0.258 e. The van der Waals surface area contributed by atoms with Crippen molar-refractivity contribution < 1.29 is 14.4 Å². The zero-order valence-corrected chi connectivity index (χ0v) is 11.5. The number of hydrogen-bond donors (Lipinski definition) is 1. The normalized spacial score (nSPS) is 17.4. The van der Waals surface area contributed by atoms with Gasteiger partial charge >= 0.3 is 0 Å². The molecule has 106 valence electrons. The summed E-state index contributed by atoms with van der Waals surface area (Å²) in [4.78, 5) is 4.48. The zero-order chi connectivity index (χ0) is 14.0. The number of phenolic OH excluding ortho intramolecular Hbond substituents is 1. The Balaban J connectivity index is 1.93. The molecule has 1 aliphatic rings. The van der Waals surface area contributed by atoms with Gasteiger partial charge < -0.3 is 14.4 Å². The molecule has 1 saturated carbocycles. The summed E-state index contributed by atoms with van der Waals surface area (Å²) in [6, 6.07) is 6.81. The van der Waals surface area contributed by atoms with E-state index in [1.807, 2.05) is 13.0 Å². The molecule has 0 bridgehead atoms. The first-order chi connectivity index (χ1) is 9.73. The van der Waals surface area contributed by atoms with Crippen LogP contribution in [0.3, 0.4) is 0 Å². The van der Waals surface area contributed by atoms with E-state index in [1.54, 1.807) is 18.2 Å². The maximum absolute atomic E-state index is 9.51. The van der Waals surface area contributed by atoms with E-state index in [-0.39, 0.29) is 5.75 Å². The second-order valence-corrected chi connectivity index (χ2v) is 5.11. The first-order valence-corrected chi connectivity index (χ1v) is 7.01. The summed E-state index contributed by atoms with van der Waals surface area (Å²) >= 11 is 0. The van der Waals surface area contributed by atoms with E-state index in [0.717, 1.165) is 25.7 Å². The Kier molecular flexibility index (Phi) is 3.44. The van der Waals surface area contributed by atoms with Gasteiger partial charge in [0.2, 0.25) is 5.82 Å². The summed E-state index contributed by atoms with van der Waals surface area (Å²) in [6.45, 7) is 2.62. The highest BCUT2D eigenvalue weighted by Crippen LogP contribution is 2.41. The molecule has 1 heterocycles. The number of aromatic nitrogens is 2. The molecule has 20 heavy (non-hydrogen) atoms. The average molecular weight is 274 g/mol. The van der Waals surface area contributed by atoms with E-state index in [2.05, 4.69) is 10.1 Å². The van der Waals surface area contributed by atoms with Crippen molar-refractivity contribution in [1.29, 1.82) is 0 Å². The second kappa shape index (κ2) is 5.25. The van der Waals surface area contributed by atoms with Crippen LogP contribution in [0.15, 0.2) is 28.8 Å². The molecule has 1 aromatic heterocycles. The van der Waals surface area contributed by atoms with Gasteiger partial charge in [-0.2, -0.15) is 4.98 Å². The summed E-state index contributed by atoms with van der Waals surface area (Å²) in [5.74, 6) is 1.22. The molecule has 2 aromatic rings. The van der Waals surface area contributed by atoms with Crippen molar-refractivity contribution in [3.63, 3.8) is 0 Å². The van der Waals surface area contributed by atoms with E-state index in [9.17, 15) is 5.11 Å². The summed E-state index contributed by atoms with van der Waals surface area (Å²) in [7, 11) is 0. The van der Waals surface area contributed by atoms with Crippen molar-refractivity contribution in [2.75, 3.05) is 6.61 Å². The Labute approximate surface area is 117 Å². The van der Waals surface area contributed by atoms with Crippen LogP contribution < -0.4 is 0 Å². The van der Waals surface area contributed by atoms with Crippen molar-refractivity contribution >= 4 is 0 Å². The lowest BCUT2D eigenvalue weighted by Gasteiger charge is -2.24. The van der Waals surface area contributed by atoms with Crippen molar-refractivity contribution in [3.8, 4) is 17.2 Å².